The van der Waals surface area contributed by atoms with E-state index in [4.69, 9.17) is 9.84 Å². The molecule has 0 aliphatic heterocycles. The SMILES string of the molecule is CCOC(=O)/C(=C\c1cnc(CC)n1Cc1ccccc1)CC(=O)O. The Hall–Kier alpha value is -2.89. The van der Waals surface area contributed by atoms with Gasteiger partial charge in [0.1, 0.15) is 5.82 Å². The molecule has 0 amide bonds. The zero-order chi connectivity index (χ0) is 18.2. The van der Waals surface area contributed by atoms with E-state index in [9.17, 15) is 9.59 Å². The van der Waals surface area contributed by atoms with Gasteiger partial charge < -0.3 is 14.4 Å². The number of esters is 1. The van der Waals surface area contributed by atoms with Crippen LogP contribution in [0.3, 0.4) is 0 Å². The first-order valence-corrected chi connectivity index (χ1v) is 8.23. The number of carbonyl (C=O) groups excluding carboxylic acids is 1. The van der Waals surface area contributed by atoms with Gasteiger partial charge in [0, 0.05) is 13.0 Å². The number of aryl methyl sites for hydroxylation is 1. The molecule has 0 radical (unpaired) electrons. The fourth-order valence-electron chi connectivity index (χ4n) is 2.52. The molecule has 1 aromatic heterocycles. The summed E-state index contributed by atoms with van der Waals surface area (Å²) >= 11 is 0. The maximum atomic E-state index is 12.0. The van der Waals surface area contributed by atoms with Crippen molar-refractivity contribution in [2.75, 3.05) is 6.61 Å². The number of imidazole rings is 1. The van der Waals surface area contributed by atoms with Crippen molar-refractivity contribution in [3.8, 4) is 0 Å². The molecule has 1 aromatic carbocycles. The van der Waals surface area contributed by atoms with Gasteiger partial charge in [-0.05, 0) is 18.6 Å². The van der Waals surface area contributed by atoms with Gasteiger partial charge in [0.25, 0.3) is 0 Å². The molecule has 0 aliphatic carbocycles. The van der Waals surface area contributed by atoms with Crippen LogP contribution in [0.25, 0.3) is 6.08 Å². The molecule has 6 nitrogen and oxygen atoms in total. The minimum absolute atomic E-state index is 0.103. The topological polar surface area (TPSA) is 81.4 Å². The minimum Gasteiger partial charge on any atom is -0.481 e. The Morgan fingerprint density at radius 2 is 1.96 bits per heavy atom. The Balaban J connectivity index is 2.40. The number of rotatable bonds is 8. The number of carboxylic acids is 1. The van der Waals surface area contributed by atoms with E-state index < -0.39 is 18.4 Å². The van der Waals surface area contributed by atoms with E-state index in [0.29, 0.717) is 12.2 Å². The van der Waals surface area contributed by atoms with Gasteiger partial charge in [0.05, 0.1) is 30.5 Å². The van der Waals surface area contributed by atoms with Crippen LogP contribution < -0.4 is 0 Å². The first kappa shape index (κ1) is 18.4. The van der Waals surface area contributed by atoms with Gasteiger partial charge in [0.15, 0.2) is 0 Å². The van der Waals surface area contributed by atoms with E-state index in [0.717, 1.165) is 17.8 Å². The van der Waals surface area contributed by atoms with Crippen molar-refractivity contribution in [1.82, 2.24) is 9.55 Å². The molecule has 132 valence electrons. The molecule has 25 heavy (non-hydrogen) atoms. The van der Waals surface area contributed by atoms with Crippen molar-refractivity contribution in [3.63, 3.8) is 0 Å². The summed E-state index contributed by atoms with van der Waals surface area (Å²) in [6, 6.07) is 9.89. The predicted molar refractivity (Wildman–Crippen MR) is 94.0 cm³/mol. The Bertz CT molecular complexity index is 763. The third kappa shape index (κ3) is 5.04. The van der Waals surface area contributed by atoms with E-state index in [2.05, 4.69) is 4.98 Å². The molecule has 0 fully saturated rings. The van der Waals surface area contributed by atoms with Gasteiger partial charge in [-0.25, -0.2) is 9.78 Å². The molecule has 2 aromatic rings. The number of carboxylic acid groups (broad SMARTS) is 1. The maximum Gasteiger partial charge on any atom is 0.334 e. The third-order valence-corrected chi connectivity index (χ3v) is 3.67. The molecule has 0 aliphatic rings. The second kappa shape index (κ2) is 8.82. The smallest absolute Gasteiger partial charge is 0.334 e. The monoisotopic (exact) mass is 342 g/mol. The quantitative estimate of drug-likeness (QED) is 0.589. The van der Waals surface area contributed by atoms with E-state index in [1.54, 1.807) is 19.2 Å². The van der Waals surface area contributed by atoms with E-state index >= 15 is 0 Å². The van der Waals surface area contributed by atoms with Crippen LogP contribution >= 0.6 is 0 Å². The highest BCUT2D eigenvalue weighted by atomic mass is 16.5. The lowest BCUT2D eigenvalue weighted by molar-refractivity contribution is -0.142. The van der Waals surface area contributed by atoms with Crippen LogP contribution in [0.4, 0.5) is 0 Å². The van der Waals surface area contributed by atoms with Gasteiger partial charge in [0.2, 0.25) is 0 Å². The molecule has 0 atom stereocenters. The number of hydrogen-bond donors (Lipinski definition) is 1. The zero-order valence-corrected chi connectivity index (χ0v) is 14.4. The number of carbonyl (C=O) groups is 2. The Morgan fingerprint density at radius 1 is 1.24 bits per heavy atom. The number of benzene rings is 1. The average Bonchev–Trinajstić information content (AvgIpc) is 2.96. The van der Waals surface area contributed by atoms with Crippen molar-refractivity contribution in [3.05, 3.63) is 59.2 Å². The van der Waals surface area contributed by atoms with Gasteiger partial charge in [-0.3, -0.25) is 4.79 Å². The number of nitrogens with zero attached hydrogens (tertiary/aromatic N) is 2. The minimum atomic E-state index is -1.08. The summed E-state index contributed by atoms with van der Waals surface area (Å²) in [6.45, 7) is 4.48. The van der Waals surface area contributed by atoms with Crippen LogP contribution in [0.5, 0.6) is 0 Å². The van der Waals surface area contributed by atoms with E-state index in [1.807, 2.05) is 41.8 Å². The highest BCUT2D eigenvalue weighted by molar-refractivity contribution is 5.97. The Labute approximate surface area is 146 Å². The predicted octanol–water partition coefficient (Wildman–Crippen LogP) is 2.92. The Morgan fingerprint density at radius 3 is 2.56 bits per heavy atom. The molecule has 0 unspecified atom stereocenters. The van der Waals surface area contributed by atoms with Crippen molar-refractivity contribution in [2.45, 2.75) is 33.2 Å². The second-order valence-electron chi connectivity index (χ2n) is 5.49. The van der Waals surface area contributed by atoms with Crippen LogP contribution in [0.2, 0.25) is 0 Å². The van der Waals surface area contributed by atoms with Gasteiger partial charge in [-0.2, -0.15) is 0 Å². The molecule has 0 saturated heterocycles. The molecule has 1 N–H and O–H groups in total. The normalized spacial score (nSPS) is 11.4. The standard InChI is InChI=1S/C19H22N2O4/c1-3-17-20-12-16(21(17)13-14-8-6-5-7-9-14)10-15(11-18(22)23)19(24)25-4-2/h5-10,12H,3-4,11,13H2,1-2H3,(H,22,23)/b15-10-. The first-order valence-electron chi connectivity index (χ1n) is 8.23. The summed E-state index contributed by atoms with van der Waals surface area (Å²) in [7, 11) is 0. The fourth-order valence-corrected chi connectivity index (χ4v) is 2.52. The van der Waals surface area contributed by atoms with Gasteiger partial charge in [-0.15, -0.1) is 0 Å². The largest absolute Gasteiger partial charge is 0.481 e. The third-order valence-electron chi connectivity index (χ3n) is 3.67. The number of ether oxygens (including phenoxy) is 1. The Kier molecular flexibility index (Phi) is 6.51. The highest BCUT2D eigenvalue weighted by Gasteiger charge is 2.17. The van der Waals surface area contributed by atoms with Crippen molar-refractivity contribution in [2.24, 2.45) is 0 Å². The average molecular weight is 342 g/mol. The molecular formula is C19H22N2O4. The lowest BCUT2D eigenvalue weighted by Crippen LogP contribution is -2.12. The van der Waals surface area contributed by atoms with Crippen LogP contribution in [0.15, 0.2) is 42.1 Å². The van der Waals surface area contributed by atoms with Crippen LogP contribution in [-0.2, 0) is 27.3 Å². The van der Waals surface area contributed by atoms with Crippen LogP contribution in [0, 0.1) is 0 Å². The number of aromatic nitrogens is 2. The van der Waals surface area contributed by atoms with Crippen molar-refractivity contribution < 1.29 is 19.4 Å². The summed E-state index contributed by atoms with van der Waals surface area (Å²) in [4.78, 5) is 27.5. The summed E-state index contributed by atoms with van der Waals surface area (Å²) < 4.78 is 6.95. The molecule has 0 spiro atoms. The second-order valence-corrected chi connectivity index (χ2v) is 5.49. The van der Waals surface area contributed by atoms with E-state index in [1.165, 1.54) is 0 Å². The van der Waals surface area contributed by atoms with Crippen molar-refractivity contribution >= 4 is 18.0 Å². The highest BCUT2D eigenvalue weighted by Crippen LogP contribution is 2.16. The fraction of sp³-hybridized carbons (Fsp3) is 0.316. The first-order chi connectivity index (χ1) is 12.0. The molecular weight excluding hydrogens is 320 g/mol. The summed E-state index contributed by atoms with van der Waals surface area (Å²) in [5, 5.41) is 9.06. The zero-order valence-electron chi connectivity index (χ0n) is 14.4. The number of aliphatic carboxylic acids is 1. The molecule has 6 heteroatoms. The summed E-state index contributed by atoms with van der Waals surface area (Å²) in [5.74, 6) is -0.826. The molecule has 0 bridgehead atoms. The lowest BCUT2D eigenvalue weighted by Gasteiger charge is -2.11. The molecule has 0 saturated carbocycles. The van der Waals surface area contributed by atoms with Crippen LogP contribution in [-0.4, -0.2) is 33.2 Å². The molecule has 2 rings (SSSR count). The van der Waals surface area contributed by atoms with E-state index in [-0.39, 0.29) is 12.2 Å². The van der Waals surface area contributed by atoms with Gasteiger partial charge in [-0.1, -0.05) is 37.3 Å². The number of hydrogen-bond acceptors (Lipinski definition) is 4. The van der Waals surface area contributed by atoms with Crippen molar-refractivity contribution in [1.29, 1.82) is 0 Å². The molecule has 1 heterocycles. The summed E-state index contributed by atoms with van der Waals surface area (Å²) in [5.41, 5.74) is 1.89. The maximum absolute atomic E-state index is 12.0. The van der Waals surface area contributed by atoms with Crippen LogP contribution in [0.1, 0.15) is 37.4 Å². The summed E-state index contributed by atoms with van der Waals surface area (Å²) in [6.07, 6.45) is 3.55. The van der Waals surface area contributed by atoms with Gasteiger partial charge >= 0.3 is 11.9 Å². The lowest BCUT2D eigenvalue weighted by atomic mass is 10.1.